The molecule has 2 heterocycles. The van der Waals surface area contributed by atoms with Crippen molar-refractivity contribution in [2.75, 3.05) is 11.9 Å². The highest BCUT2D eigenvalue weighted by Gasteiger charge is 2.30. The molecule has 1 aromatic heterocycles. The van der Waals surface area contributed by atoms with Gasteiger partial charge in [0.25, 0.3) is 5.70 Å². The number of nitro groups is 1. The number of thiophene rings is 1. The van der Waals surface area contributed by atoms with E-state index >= 15 is 0 Å². The van der Waals surface area contributed by atoms with Crippen LogP contribution in [0.5, 0.6) is 0 Å². The van der Waals surface area contributed by atoms with Crippen LogP contribution in [0.3, 0.4) is 0 Å². The van der Waals surface area contributed by atoms with E-state index in [1.807, 2.05) is 12.1 Å². The van der Waals surface area contributed by atoms with Gasteiger partial charge in [0, 0.05) is 13.0 Å². The van der Waals surface area contributed by atoms with E-state index in [0.717, 1.165) is 19.5 Å². The zero-order valence-electron chi connectivity index (χ0n) is 11.6. The lowest BCUT2D eigenvalue weighted by atomic mass is 9.97. The Hall–Kier alpha value is -1.42. The largest absolute Gasteiger partial charge is 0.457 e. The molecule has 1 aliphatic carbocycles. The van der Waals surface area contributed by atoms with Gasteiger partial charge in [0.1, 0.15) is 11.5 Å². The summed E-state index contributed by atoms with van der Waals surface area (Å²) in [5.41, 5.74) is 0.855. The molecule has 3 rings (SSSR count). The number of nitrogens with zero attached hydrogens (tertiary/aromatic N) is 1. The molecule has 0 spiro atoms. The molecule has 0 radical (unpaired) electrons. The van der Waals surface area contributed by atoms with Crippen molar-refractivity contribution >= 4 is 45.4 Å². The van der Waals surface area contributed by atoms with E-state index in [9.17, 15) is 14.5 Å². The van der Waals surface area contributed by atoms with Crippen molar-refractivity contribution in [2.24, 2.45) is 5.92 Å². The summed E-state index contributed by atoms with van der Waals surface area (Å²) in [7, 11) is 0. The lowest BCUT2D eigenvalue weighted by Gasteiger charge is -2.21. The predicted octanol–water partition coefficient (Wildman–Crippen LogP) is 4.52. The molecular formula is C14H12FIN2O3S. The number of ether oxygens (including phenoxy) is 1. The van der Waals surface area contributed by atoms with Crippen molar-refractivity contribution in [2.45, 2.75) is 13.3 Å². The van der Waals surface area contributed by atoms with Crippen LogP contribution in [0.4, 0.5) is 10.1 Å². The molecule has 0 saturated carbocycles. The Morgan fingerprint density at radius 3 is 3.09 bits per heavy atom. The number of fused-ring (bicyclic) bond motifs is 1. The van der Waals surface area contributed by atoms with Crippen LogP contribution in [0.1, 0.15) is 18.2 Å². The molecule has 1 aliphatic heterocycles. The van der Waals surface area contributed by atoms with Crippen LogP contribution in [-0.2, 0) is 4.74 Å². The van der Waals surface area contributed by atoms with E-state index < -0.39 is 10.8 Å². The highest BCUT2D eigenvalue weighted by molar-refractivity contribution is 14.1. The Morgan fingerprint density at radius 1 is 1.59 bits per heavy atom. The van der Waals surface area contributed by atoms with Gasteiger partial charge < -0.3 is 10.1 Å². The van der Waals surface area contributed by atoms with Crippen molar-refractivity contribution in [3.8, 4) is 0 Å². The van der Waals surface area contributed by atoms with Gasteiger partial charge in [-0.2, -0.15) is 0 Å². The van der Waals surface area contributed by atoms with Crippen molar-refractivity contribution in [1.82, 2.24) is 0 Å². The fraction of sp³-hybridized carbons (Fsp3) is 0.286. The summed E-state index contributed by atoms with van der Waals surface area (Å²) in [5.74, 6) is -0.288. The normalized spacial score (nSPS) is 20.8. The smallest absolute Gasteiger partial charge is 0.252 e. The predicted molar refractivity (Wildman–Crippen MR) is 91.6 cm³/mol. The van der Waals surface area contributed by atoms with Gasteiger partial charge in [-0.05, 0) is 34.7 Å². The Morgan fingerprint density at radius 2 is 2.36 bits per heavy atom. The average molecular weight is 434 g/mol. The van der Waals surface area contributed by atoms with Crippen LogP contribution in [0.15, 0.2) is 35.5 Å². The molecule has 0 fully saturated rings. The lowest BCUT2D eigenvalue weighted by molar-refractivity contribution is -0.433. The maximum absolute atomic E-state index is 14.1. The van der Waals surface area contributed by atoms with Crippen molar-refractivity contribution in [3.63, 3.8) is 0 Å². The second kappa shape index (κ2) is 5.99. The first-order chi connectivity index (χ1) is 10.5. The van der Waals surface area contributed by atoms with Gasteiger partial charge >= 0.3 is 0 Å². The number of hydrogen-bond acceptors (Lipinski definition) is 5. The molecule has 0 amide bonds. The topological polar surface area (TPSA) is 64.4 Å². The summed E-state index contributed by atoms with van der Waals surface area (Å²) in [6, 6.07) is 2.01. The van der Waals surface area contributed by atoms with Crippen molar-refractivity contribution in [3.05, 3.63) is 53.4 Å². The third-order valence-corrected chi connectivity index (χ3v) is 5.40. The monoisotopic (exact) mass is 434 g/mol. The number of allylic oxidation sites excluding steroid dienone is 4. The van der Waals surface area contributed by atoms with E-state index in [-0.39, 0.29) is 23.8 Å². The van der Waals surface area contributed by atoms with Crippen molar-refractivity contribution < 1.29 is 14.1 Å². The zero-order chi connectivity index (χ0) is 15.9. The molecule has 22 heavy (non-hydrogen) atoms. The first-order valence-corrected chi connectivity index (χ1v) is 8.51. The van der Waals surface area contributed by atoms with Gasteiger partial charge in [-0.25, -0.2) is 4.39 Å². The highest BCUT2D eigenvalue weighted by atomic mass is 127. The third-order valence-electron chi connectivity index (χ3n) is 3.49. The molecule has 1 aromatic rings. The van der Waals surface area contributed by atoms with Gasteiger partial charge in [-0.1, -0.05) is 6.92 Å². The van der Waals surface area contributed by atoms with E-state index in [4.69, 9.17) is 4.74 Å². The van der Waals surface area contributed by atoms with Gasteiger partial charge in [0.15, 0.2) is 5.83 Å². The Balaban J connectivity index is 1.89. The molecular weight excluding hydrogens is 422 g/mol. The summed E-state index contributed by atoms with van der Waals surface area (Å²) in [6.45, 7) is 2.30. The van der Waals surface area contributed by atoms with Crippen LogP contribution < -0.4 is 5.32 Å². The Kier molecular flexibility index (Phi) is 4.22. The van der Waals surface area contributed by atoms with Gasteiger partial charge in [-0.15, -0.1) is 11.3 Å². The molecule has 8 heteroatoms. The number of halogens is 2. The van der Waals surface area contributed by atoms with Crippen LogP contribution in [0.25, 0.3) is 5.76 Å². The summed E-state index contributed by atoms with van der Waals surface area (Å²) < 4.78 is 21.0. The lowest BCUT2D eigenvalue weighted by Crippen LogP contribution is -2.16. The van der Waals surface area contributed by atoms with E-state index in [0.29, 0.717) is 12.3 Å². The number of anilines is 1. The summed E-state index contributed by atoms with van der Waals surface area (Å²) in [5, 5.41) is 14.1. The fourth-order valence-electron chi connectivity index (χ4n) is 2.40. The first-order valence-electron chi connectivity index (χ1n) is 6.62. The van der Waals surface area contributed by atoms with Gasteiger partial charge in [0.05, 0.1) is 30.4 Å². The maximum Gasteiger partial charge on any atom is 0.252 e. The summed E-state index contributed by atoms with van der Waals surface area (Å²) >= 11 is 3.78. The van der Waals surface area contributed by atoms with E-state index in [1.54, 1.807) is 18.3 Å². The zero-order valence-corrected chi connectivity index (χ0v) is 14.5. The number of nitrogens with one attached hydrogen (secondary N) is 1. The minimum Gasteiger partial charge on any atom is -0.457 e. The number of hydrogen-bond donors (Lipinski definition) is 1. The average Bonchev–Trinajstić information content (AvgIpc) is 2.83. The SMILES string of the molecule is CC1CC(OC2=CCNc3cc(I)sc32)=C(F)C=C1[N+](=O)[O-]. The van der Waals surface area contributed by atoms with Crippen molar-refractivity contribution in [1.29, 1.82) is 0 Å². The van der Waals surface area contributed by atoms with E-state index in [1.165, 1.54) is 0 Å². The third kappa shape index (κ3) is 2.89. The molecule has 116 valence electrons. The molecule has 2 aliphatic rings. The van der Waals surface area contributed by atoms with Gasteiger partial charge in [0.2, 0.25) is 0 Å². The molecule has 1 unspecified atom stereocenters. The minimum absolute atomic E-state index is 0.115. The summed E-state index contributed by atoms with van der Waals surface area (Å²) in [6.07, 6.45) is 3.00. The standard InChI is InChI=1S/C14H12FIN2O3S/c1-7-4-12(8(15)5-10(7)18(19)20)21-11-2-3-17-9-6-13(16)22-14(9)11/h2,5-7,17H,3-4H2,1H3. The van der Waals surface area contributed by atoms with Crippen LogP contribution in [0.2, 0.25) is 0 Å². The molecule has 1 atom stereocenters. The second-order valence-corrected chi connectivity index (χ2v) is 7.99. The van der Waals surface area contributed by atoms with E-state index in [2.05, 4.69) is 27.9 Å². The minimum atomic E-state index is -0.669. The fourth-order valence-corrected chi connectivity index (χ4v) is 4.21. The molecule has 0 aromatic carbocycles. The van der Waals surface area contributed by atoms with Crippen LogP contribution in [0, 0.1) is 18.9 Å². The Labute approximate surface area is 143 Å². The van der Waals surface area contributed by atoms with Crippen LogP contribution in [-0.4, -0.2) is 11.5 Å². The molecule has 5 nitrogen and oxygen atoms in total. The molecule has 1 N–H and O–H groups in total. The molecule has 0 bridgehead atoms. The number of rotatable bonds is 3. The summed E-state index contributed by atoms with van der Waals surface area (Å²) in [4.78, 5) is 11.2. The quantitative estimate of drug-likeness (QED) is 0.432. The second-order valence-electron chi connectivity index (χ2n) is 5.05. The van der Waals surface area contributed by atoms with Crippen LogP contribution >= 0.6 is 33.9 Å². The molecule has 0 saturated heterocycles. The highest BCUT2D eigenvalue weighted by Crippen LogP contribution is 2.40. The first kappa shape index (κ1) is 15.5. The van der Waals surface area contributed by atoms with Gasteiger partial charge in [-0.3, -0.25) is 10.1 Å². The Bertz CT molecular complexity index is 738. The maximum atomic E-state index is 14.1.